The van der Waals surface area contributed by atoms with Crippen LogP contribution in [-0.4, -0.2) is 27.3 Å². The van der Waals surface area contributed by atoms with Gasteiger partial charge in [-0.15, -0.1) is 0 Å². The number of aromatic nitrogens is 4. The first-order valence-corrected chi connectivity index (χ1v) is 10.6. The first kappa shape index (κ1) is 19.5. The SMILES string of the molecule is Cc1ccc(S(=O)(=O)n2c(N)nc3ccccc32)cc1.Nc1nc2ccccc2[nH]1. The summed E-state index contributed by atoms with van der Waals surface area (Å²) in [7, 11) is -3.74. The number of imidazole rings is 2. The Morgan fingerprint density at radius 3 is 2.17 bits per heavy atom. The number of H-pyrrole nitrogens is 1. The number of nitrogen functional groups attached to an aromatic ring is 2. The van der Waals surface area contributed by atoms with Crippen LogP contribution in [0.3, 0.4) is 0 Å². The van der Waals surface area contributed by atoms with Gasteiger partial charge in [0.25, 0.3) is 10.0 Å². The number of benzene rings is 3. The highest BCUT2D eigenvalue weighted by molar-refractivity contribution is 7.90. The van der Waals surface area contributed by atoms with E-state index < -0.39 is 10.0 Å². The molecule has 0 aliphatic carbocycles. The molecule has 0 aliphatic heterocycles. The molecule has 5 N–H and O–H groups in total. The highest BCUT2D eigenvalue weighted by Crippen LogP contribution is 2.24. The number of anilines is 2. The van der Waals surface area contributed by atoms with Gasteiger partial charge in [-0.25, -0.2) is 22.4 Å². The average Bonchev–Trinajstić information content (AvgIpc) is 3.26. The van der Waals surface area contributed by atoms with Crippen LogP contribution in [0.2, 0.25) is 0 Å². The number of fused-ring (bicyclic) bond motifs is 2. The summed E-state index contributed by atoms with van der Waals surface area (Å²) in [5.74, 6) is 0.438. The maximum Gasteiger partial charge on any atom is 0.271 e. The van der Waals surface area contributed by atoms with Gasteiger partial charge in [-0.2, -0.15) is 0 Å². The highest BCUT2D eigenvalue weighted by atomic mass is 32.2. The third-order valence-corrected chi connectivity index (χ3v) is 6.24. The number of hydrogen-bond donors (Lipinski definition) is 3. The van der Waals surface area contributed by atoms with Gasteiger partial charge >= 0.3 is 0 Å². The molecule has 9 heteroatoms. The van der Waals surface area contributed by atoms with Crippen LogP contribution in [0.4, 0.5) is 11.9 Å². The Balaban J connectivity index is 0.000000181. The van der Waals surface area contributed by atoms with Crippen molar-refractivity contribution >= 4 is 44.0 Å². The molecule has 30 heavy (non-hydrogen) atoms. The smallest absolute Gasteiger partial charge is 0.271 e. The Morgan fingerprint density at radius 2 is 1.47 bits per heavy atom. The van der Waals surface area contributed by atoms with Crippen molar-refractivity contribution in [3.8, 4) is 0 Å². The van der Waals surface area contributed by atoms with Gasteiger partial charge < -0.3 is 16.5 Å². The number of nitrogens with one attached hydrogen (secondary N) is 1. The summed E-state index contributed by atoms with van der Waals surface area (Å²) in [6.45, 7) is 1.90. The summed E-state index contributed by atoms with van der Waals surface area (Å²) < 4.78 is 26.4. The van der Waals surface area contributed by atoms with Gasteiger partial charge in [-0.3, -0.25) is 0 Å². The highest BCUT2D eigenvalue weighted by Gasteiger charge is 2.22. The van der Waals surface area contributed by atoms with Crippen LogP contribution < -0.4 is 11.5 Å². The normalized spacial score (nSPS) is 11.4. The fourth-order valence-electron chi connectivity index (χ4n) is 3.06. The van der Waals surface area contributed by atoms with E-state index in [2.05, 4.69) is 15.0 Å². The molecule has 0 radical (unpaired) electrons. The Hall–Kier alpha value is -3.85. The summed E-state index contributed by atoms with van der Waals surface area (Å²) >= 11 is 0. The number of rotatable bonds is 2. The number of nitrogens with two attached hydrogens (primary N) is 2. The van der Waals surface area contributed by atoms with Crippen molar-refractivity contribution in [2.75, 3.05) is 11.5 Å². The van der Waals surface area contributed by atoms with E-state index in [0.717, 1.165) is 20.6 Å². The van der Waals surface area contributed by atoms with Crippen LogP contribution in [0.15, 0.2) is 77.7 Å². The molecule has 8 nitrogen and oxygen atoms in total. The molecule has 0 saturated heterocycles. The second kappa shape index (κ2) is 7.53. The lowest BCUT2D eigenvalue weighted by molar-refractivity contribution is 0.589. The first-order chi connectivity index (χ1) is 14.4. The van der Waals surface area contributed by atoms with Crippen LogP contribution in [-0.2, 0) is 10.0 Å². The molecule has 3 aromatic carbocycles. The van der Waals surface area contributed by atoms with Gasteiger partial charge in [0.05, 0.1) is 27.0 Å². The molecule has 2 heterocycles. The van der Waals surface area contributed by atoms with E-state index >= 15 is 0 Å². The number of aryl methyl sites for hydroxylation is 1. The molecular weight excluding hydrogens is 400 g/mol. The Labute approximate surface area is 173 Å². The fourth-order valence-corrected chi connectivity index (χ4v) is 4.45. The predicted molar refractivity (Wildman–Crippen MR) is 118 cm³/mol. The lowest BCUT2D eigenvalue weighted by Gasteiger charge is -2.08. The van der Waals surface area contributed by atoms with Crippen molar-refractivity contribution in [3.63, 3.8) is 0 Å². The lowest BCUT2D eigenvalue weighted by atomic mass is 10.2. The Morgan fingerprint density at radius 1 is 0.833 bits per heavy atom. The predicted octanol–water partition coefficient (Wildman–Crippen LogP) is 3.31. The summed E-state index contributed by atoms with van der Waals surface area (Å²) in [5.41, 5.74) is 15.1. The standard InChI is InChI=1S/C14H13N3O2S.C7H7N3/c1-10-6-8-11(9-7-10)20(18,19)17-13-5-3-2-4-12(13)16-14(17)15;8-7-9-5-3-1-2-4-6(5)10-7/h2-9H,1H3,(H2,15,16);1-4H,(H3,8,9,10). The van der Waals surface area contributed by atoms with Crippen LogP contribution in [0.1, 0.15) is 5.56 Å². The molecule has 5 rings (SSSR count). The zero-order valence-corrected chi connectivity index (χ0v) is 17.0. The molecule has 0 saturated carbocycles. The van der Waals surface area contributed by atoms with E-state index in [-0.39, 0.29) is 10.8 Å². The zero-order chi connectivity index (χ0) is 21.3. The largest absolute Gasteiger partial charge is 0.369 e. The fraction of sp³-hybridized carbons (Fsp3) is 0.0476. The molecule has 0 unspecified atom stereocenters. The number of aromatic amines is 1. The summed E-state index contributed by atoms with van der Waals surface area (Å²) in [6.07, 6.45) is 0. The van der Waals surface area contributed by atoms with Crippen molar-refractivity contribution in [1.29, 1.82) is 0 Å². The zero-order valence-electron chi connectivity index (χ0n) is 16.1. The number of nitrogens with zero attached hydrogens (tertiary/aromatic N) is 3. The number of hydrogen-bond acceptors (Lipinski definition) is 6. The molecular formula is C21H20N6O2S. The maximum absolute atomic E-state index is 12.7. The molecule has 2 aromatic heterocycles. The van der Waals surface area contributed by atoms with E-state index in [1.54, 1.807) is 48.5 Å². The molecule has 152 valence electrons. The first-order valence-electron chi connectivity index (χ1n) is 9.12. The average molecular weight is 420 g/mol. The van der Waals surface area contributed by atoms with Crippen molar-refractivity contribution in [1.82, 2.24) is 18.9 Å². The molecule has 0 aliphatic rings. The monoisotopic (exact) mass is 420 g/mol. The Kier molecular flexibility index (Phi) is 4.88. The van der Waals surface area contributed by atoms with E-state index in [4.69, 9.17) is 11.5 Å². The Bertz CT molecular complexity index is 1400. The van der Waals surface area contributed by atoms with Crippen LogP contribution in [0.25, 0.3) is 22.1 Å². The molecule has 5 aromatic rings. The van der Waals surface area contributed by atoms with Crippen LogP contribution in [0, 0.1) is 6.92 Å². The molecule has 0 spiro atoms. The van der Waals surface area contributed by atoms with Gasteiger partial charge in [-0.1, -0.05) is 42.0 Å². The van der Waals surface area contributed by atoms with E-state index in [1.165, 1.54) is 0 Å². The van der Waals surface area contributed by atoms with Gasteiger partial charge in [0.1, 0.15) is 0 Å². The topological polar surface area (TPSA) is 133 Å². The third kappa shape index (κ3) is 3.58. The minimum absolute atomic E-state index is 0.0354. The summed E-state index contributed by atoms with van der Waals surface area (Å²) in [5, 5.41) is 0. The quantitative estimate of drug-likeness (QED) is 0.401. The van der Waals surface area contributed by atoms with Gasteiger partial charge in [-0.05, 0) is 43.3 Å². The van der Waals surface area contributed by atoms with Crippen molar-refractivity contribution in [2.45, 2.75) is 11.8 Å². The molecule has 0 atom stereocenters. The molecule has 0 fully saturated rings. The minimum Gasteiger partial charge on any atom is -0.369 e. The second-order valence-corrected chi connectivity index (χ2v) is 8.47. The minimum atomic E-state index is -3.74. The van der Waals surface area contributed by atoms with Gasteiger partial charge in [0, 0.05) is 0 Å². The van der Waals surface area contributed by atoms with Crippen LogP contribution >= 0.6 is 0 Å². The van der Waals surface area contributed by atoms with E-state index in [0.29, 0.717) is 17.0 Å². The molecule has 0 bridgehead atoms. The van der Waals surface area contributed by atoms with Crippen molar-refractivity contribution in [3.05, 3.63) is 78.4 Å². The lowest BCUT2D eigenvalue weighted by Crippen LogP contribution is -2.15. The second-order valence-electron chi connectivity index (χ2n) is 6.68. The summed E-state index contributed by atoms with van der Waals surface area (Å²) in [6, 6.07) is 21.3. The molecule has 0 amide bonds. The van der Waals surface area contributed by atoms with E-state index in [1.807, 2.05) is 31.2 Å². The van der Waals surface area contributed by atoms with Crippen molar-refractivity contribution < 1.29 is 8.42 Å². The van der Waals surface area contributed by atoms with Gasteiger partial charge in [0.2, 0.25) is 5.95 Å². The summed E-state index contributed by atoms with van der Waals surface area (Å²) in [4.78, 5) is 11.2. The van der Waals surface area contributed by atoms with Crippen molar-refractivity contribution in [2.24, 2.45) is 0 Å². The maximum atomic E-state index is 12.7. The van der Waals surface area contributed by atoms with E-state index in [9.17, 15) is 8.42 Å². The van der Waals surface area contributed by atoms with Gasteiger partial charge in [0.15, 0.2) is 5.95 Å². The van der Waals surface area contributed by atoms with Crippen LogP contribution in [0.5, 0.6) is 0 Å². The third-order valence-electron chi connectivity index (χ3n) is 4.51. The number of para-hydroxylation sites is 4.